The summed E-state index contributed by atoms with van der Waals surface area (Å²) in [6, 6.07) is 92.8. The molecule has 12 rings (SSSR count). The lowest BCUT2D eigenvalue weighted by Gasteiger charge is -2.28. The molecule has 0 aliphatic rings. The molecule has 0 N–H and O–H groups in total. The smallest absolute Gasteiger partial charge is 0.0541 e. The zero-order chi connectivity index (χ0) is 42.4. The Bertz CT molecular complexity index is 3590. The van der Waals surface area contributed by atoms with E-state index < -0.39 is 0 Å². The molecule has 0 aliphatic carbocycles. The monoisotopic (exact) mass is 814 g/mol. The zero-order valence-electron chi connectivity index (χ0n) is 35.1. The highest BCUT2D eigenvalue weighted by molar-refractivity contribution is 6.10. The molecule has 0 unspecified atom stereocenters. The summed E-state index contributed by atoms with van der Waals surface area (Å²) in [5, 5.41) is 7.38. The lowest BCUT2D eigenvalue weighted by molar-refractivity contribution is 1.18. The van der Waals surface area contributed by atoms with E-state index >= 15 is 0 Å². The number of anilines is 3. The third-order valence-electron chi connectivity index (χ3n) is 12.8. The van der Waals surface area contributed by atoms with Gasteiger partial charge in [-0.2, -0.15) is 0 Å². The van der Waals surface area contributed by atoms with E-state index in [2.05, 4.69) is 264 Å². The van der Waals surface area contributed by atoms with Crippen molar-refractivity contribution < 1.29 is 0 Å². The number of nitrogens with zero attached hydrogens (tertiary/aromatic N) is 2. The van der Waals surface area contributed by atoms with Gasteiger partial charge in [0.15, 0.2) is 0 Å². The van der Waals surface area contributed by atoms with Gasteiger partial charge < -0.3 is 9.47 Å². The van der Waals surface area contributed by atoms with Crippen LogP contribution >= 0.6 is 0 Å². The molecule has 0 spiro atoms. The van der Waals surface area contributed by atoms with E-state index in [4.69, 9.17) is 0 Å². The number of benzene rings is 11. The Morgan fingerprint density at radius 1 is 0.266 bits per heavy atom. The van der Waals surface area contributed by atoms with E-state index in [9.17, 15) is 0 Å². The Morgan fingerprint density at radius 2 is 0.750 bits per heavy atom. The second-order valence-electron chi connectivity index (χ2n) is 16.5. The van der Waals surface area contributed by atoms with Gasteiger partial charge in [0, 0.05) is 33.1 Å². The minimum atomic E-state index is 1.08. The standard InChI is InChI=1S/C62H42N2/c1-2-16-43(17-3-1)44-32-34-48(35-33-44)58-42-50(40-41-54(58)55-24-8-11-28-60(55)64-61-29-12-9-25-56(61)57-26-10-13-30-62(57)64)63(59-31-15-21-46-19-5-7-23-53(46)59)49-38-36-47(37-39-49)52-27-14-20-45-18-4-6-22-51(45)52/h1-42H. The van der Waals surface area contributed by atoms with E-state index in [0.29, 0.717) is 0 Å². The summed E-state index contributed by atoms with van der Waals surface area (Å²) >= 11 is 0. The fourth-order valence-electron chi connectivity index (χ4n) is 9.79. The number of hydrogen-bond donors (Lipinski definition) is 0. The number of rotatable bonds is 8. The Morgan fingerprint density at radius 3 is 1.48 bits per heavy atom. The first-order valence-corrected chi connectivity index (χ1v) is 22.0. The van der Waals surface area contributed by atoms with Gasteiger partial charge >= 0.3 is 0 Å². The van der Waals surface area contributed by atoms with Crippen LogP contribution in [0.3, 0.4) is 0 Å². The first-order valence-electron chi connectivity index (χ1n) is 22.0. The van der Waals surface area contributed by atoms with Crippen LogP contribution in [0.5, 0.6) is 0 Å². The molecule has 0 fully saturated rings. The molecule has 11 aromatic carbocycles. The summed E-state index contributed by atoms with van der Waals surface area (Å²) in [5.41, 5.74) is 16.3. The molecule has 1 heterocycles. The van der Waals surface area contributed by atoms with E-state index in [-0.39, 0.29) is 0 Å². The fraction of sp³-hybridized carbons (Fsp3) is 0. The van der Waals surface area contributed by atoms with Crippen LogP contribution in [0.1, 0.15) is 0 Å². The lowest BCUT2D eigenvalue weighted by Crippen LogP contribution is -2.11. The van der Waals surface area contributed by atoms with Gasteiger partial charge in [0.2, 0.25) is 0 Å². The van der Waals surface area contributed by atoms with E-state index in [1.54, 1.807) is 0 Å². The predicted octanol–water partition coefficient (Wildman–Crippen LogP) is 17.2. The van der Waals surface area contributed by atoms with Crippen molar-refractivity contribution in [3.8, 4) is 50.2 Å². The number of hydrogen-bond acceptors (Lipinski definition) is 1. The molecule has 0 amide bonds. The molecule has 2 heteroatoms. The highest BCUT2D eigenvalue weighted by atomic mass is 15.1. The third kappa shape index (κ3) is 6.44. The number of fused-ring (bicyclic) bond motifs is 5. The topological polar surface area (TPSA) is 8.17 Å². The van der Waals surface area contributed by atoms with E-state index in [0.717, 1.165) is 39.4 Å². The first-order chi connectivity index (χ1) is 31.8. The molecule has 0 saturated carbocycles. The van der Waals surface area contributed by atoms with Gasteiger partial charge in [0.25, 0.3) is 0 Å². The Balaban J connectivity index is 1.08. The molecule has 12 aromatic rings. The highest BCUT2D eigenvalue weighted by Crippen LogP contribution is 2.45. The first kappa shape index (κ1) is 37.3. The normalized spacial score (nSPS) is 11.4. The van der Waals surface area contributed by atoms with Gasteiger partial charge in [-0.15, -0.1) is 0 Å². The van der Waals surface area contributed by atoms with Gasteiger partial charge in [0.1, 0.15) is 0 Å². The van der Waals surface area contributed by atoms with Crippen molar-refractivity contribution in [1.29, 1.82) is 0 Å². The predicted molar refractivity (Wildman–Crippen MR) is 272 cm³/mol. The maximum Gasteiger partial charge on any atom is 0.0541 e. The van der Waals surface area contributed by atoms with Crippen molar-refractivity contribution in [1.82, 2.24) is 4.57 Å². The van der Waals surface area contributed by atoms with Crippen molar-refractivity contribution in [2.45, 2.75) is 0 Å². The summed E-state index contributed by atoms with van der Waals surface area (Å²) < 4.78 is 2.44. The number of para-hydroxylation sites is 3. The van der Waals surface area contributed by atoms with Crippen molar-refractivity contribution in [3.63, 3.8) is 0 Å². The SMILES string of the molecule is c1ccc(-c2ccc(-c3cc(N(c4ccc(-c5cccc6ccccc56)cc4)c4cccc5ccccc45)ccc3-c3ccccc3-n3c4ccccc4c4ccccc43)cc2)cc1. The maximum atomic E-state index is 2.44. The molecular formula is C62H42N2. The van der Waals surface area contributed by atoms with Crippen LogP contribution in [0.15, 0.2) is 255 Å². The second-order valence-corrected chi connectivity index (χ2v) is 16.5. The van der Waals surface area contributed by atoms with Crippen LogP contribution < -0.4 is 4.90 Å². The molecule has 64 heavy (non-hydrogen) atoms. The van der Waals surface area contributed by atoms with Gasteiger partial charge in [-0.3, -0.25) is 0 Å². The van der Waals surface area contributed by atoms with Crippen LogP contribution in [0.4, 0.5) is 17.1 Å². The summed E-state index contributed by atoms with van der Waals surface area (Å²) in [5.74, 6) is 0. The average Bonchev–Trinajstić information content (AvgIpc) is 3.71. The van der Waals surface area contributed by atoms with Gasteiger partial charge in [-0.1, -0.05) is 206 Å². The molecule has 300 valence electrons. The van der Waals surface area contributed by atoms with Crippen LogP contribution in [0.25, 0.3) is 93.5 Å². The second kappa shape index (κ2) is 15.8. The van der Waals surface area contributed by atoms with Crippen LogP contribution in [-0.4, -0.2) is 4.57 Å². The molecule has 0 saturated heterocycles. The molecular weight excluding hydrogens is 773 g/mol. The minimum absolute atomic E-state index is 1.08. The van der Waals surface area contributed by atoms with Gasteiger partial charge in [0.05, 0.1) is 22.4 Å². The molecule has 0 bridgehead atoms. The Kier molecular flexibility index (Phi) is 9.20. The Labute approximate surface area is 373 Å². The molecule has 0 atom stereocenters. The average molecular weight is 815 g/mol. The van der Waals surface area contributed by atoms with Crippen molar-refractivity contribution in [2.75, 3.05) is 4.90 Å². The van der Waals surface area contributed by atoms with Crippen molar-refractivity contribution in [2.24, 2.45) is 0 Å². The van der Waals surface area contributed by atoms with Crippen molar-refractivity contribution in [3.05, 3.63) is 255 Å². The molecule has 1 aromatic heterocycles. The summed E-state index contributed by atoms with van der Waals surface area (Å²) in [6.45, 7) is 0. The zero-order valence-corrected chi connectivity index (χ0v) is 35.1. The van der Waals surface area contributed by atoms with Crippen LogP contribution in [0, 0.1) is 0 Å². The summed E-state index contributed by atoms with van der Waals surface area (Å²) in [7, 11) is 0. The summed E-state index contributed by atoms with van der Waals surface area (Å²) in [4.78, 5) is 2.43. The lowest BCUT2D eigenvalue weighted by atomic mass is 9.91. The van der Waals surface area contributed by atoms with Gasteiger partial charge in [-0.05, 0) is 104 Å². The number of aromatic nitrogens is 1. The summed E-state index contributed by atoms with van der Waals surface area (Å²) in [6.07, 6.45) is 0. The van der Waals surface area contributed by atoms with E-state index in [1.807, 2.05) is 0 Å². The highest BCUT2D eigenvalue weighted by Gasteiger charge is 2.21. The maximum absolute atomic E-state index is 2.44. The third-order valence-corrected chi connectivity index (χ3v) is 12.8. The van der Waals surface area contributed by atoms with Crippen LogP contribution in [-0.2, 0) is 0 Å². The largest absolute Gasteiger partial charge is 0.310 e. The Hall–Kier alpha value is -8.46. The molecule has 0 aliphatic heterocycles. The van der Waals surface area contributed by atoms with Crippen molar-refractivity contribution >= 4 is 60.4 Å². The van der Waals surface area contributed by atoms with E-state index in [1.165, 1.54) is 71.2 Å². The van der Waals surface area contributed by atoms with Gasteiger partial charge in [-0.25, -0.2) is 0 Å². The van der Waals surface area contributed by atoms with Crippen LogP contribution in [0.2, 0.25) is 0 Å². The fourth-order valence-corrected chi connectivity index (χ4v) is 9.79. The molecule has 2 nitrogen and oxygen atoms in total. The quantitative estimate of drug-likeness (QED) is 0.148. The minimum Gasteiger partial charge on any atom is -0.310 e. The molecule has 0 radical (unpaired) electrons.